The lowest BCUT2D eigenvalue weighted by atomic mass is 10.1. The lowest BCUT2D eigenvalue weighted by molar-refractivity contribution is 0.157. The van der Waals surface area contributed by atoms with E-state index in [2.05, 4.69) is 10.1 Å². The molecule has 17 heavy (non-hydrogen) atoms. The van der Waals surface area contributed by atoms with E-state index in [1.807, 2.05) is 6.07 Å². The Morgan fingerprint density at radius 3 is 3.00 bits per heavy atom. The molecule has 1 rings (SSSR count). The van der Waals surface area contributed by atoms with Crippen molar-refractivity contribution >= 4 is 6.09 Å². The van der Waals surface area contributed by atoms with Crippen LogP contribution in [0.15, 0.2) is 18.2 Å². The molecule has 0 bridgehead atoms. The molecular weight excluding hydrogens is 225 g/mol. The maximum absolute atomic E-state index is 12.9. The van der Waals surface area contributed by atoms with Gasteiger partial charge in [-0.05, 0) is 23.8 Å². The van der Waals surface area contributed by atoms with Gasteiger partial charge in [-0.1, -0.05) is 0 Å². The molecule has 0 saturated carbocycles. The molecule has 0 spiro atoms. The van der Waals surface area contributed by atoms with Crippen molar-refractivity contribution in [3.05, 3.63) is 35.1 Å². The van der Waals surface area contributed by atoms with Crippen molar-refractivity contribution in [2.75, 3.05) is 13.2 Å². The molecule has 0 heterocycles. The Morgan fingerprint density at radius 2 is 2.35 bits per heavy atom. The Balaban J connectivity index is 2.43. The molecule has 0 aliphatic heterocycles. The summed E-state index contributed by atoms with van der Waals surface area (Å²) in [5.74, 6) is -0.394. The lowest BCUT2D eigenvalue weighted by Crippen LogP contribution is -2.23. The first-order valence-electron chi connectivity index (χ1n) is 4.95. The highest BCUT2D eigenvalue weighted by atomic mass is 19.1. The number of benzene rings is 1. The van der Waals surface area contributed by atoms with Gasteiger partial charge >= 0.3 is 6.09 Å². The minimum absolute atomic E-state index is 0.131. The zero-order valence-corrected chi connectivity index (χ0v) is 9.07. The quantitative estimate of drug-likeness (QED) is 0.744. The summed E-state index contributed by atoms with van der Waals surface area (Å²) in [5, 5.41) is 11.7. The molecule has 5 nitrogen and oxygen atoms in total. The minimum atomic E-state index is -0.838. The number of nitrogens with zero attached hydrogens (tertiary/aromatic N) is 1. The second-order valence-corrected chi connectivity index (χ2v) is 3.26. The number of hydrogen-bond donors (Lipinski definition) is 2. The van der Waals surface area contributed by atoms with Crippen molar-refractivity contribution in [1.29, 1.82) is 5.26 Å². The predicted octanol–water partition coefficient (Wildman–Crippen LogP) is 0.882. The standard InChI is InChI=1S/C11H12FN3O2/c12-10-2-1-8(6-13)9(5-10)7-15-3-4-17-11(14)16/h1-2,5,15H,3-4,7H2,(H2,14,16). The van der Waals surface area contributed by atoms with Crippen LogP contribution in [0.2, 0.25) is 0 Å². The van der Waals surface area contributed by atoms with Crippen molar-refractivity contribution in [1.82, 2.24) is 5.32 Å². The maximum Gasteiger partial charge on any atom is 0.404 e. The van der Waals surface area contributed by atoms with Crippen LogP contribution in [-0.2, 0) is 11.3 Å². The van der Waals surface area contributed by atoms with E-state index in [0.29, 0.717) is 24.2 Å². The fourth-order valence-electron chi connectivity index (χ4n) is 1.26. The number of rotatable bonds is 5. The van der Waals surface area contributed by atoms with Crippen molar-refractivity contribution in [2.45, 2.75) is 6.54 Å². The zero-order chi connectivity index (χ0) is 12.7. The zero-order valence-electron chi connectivity index (χ0n) is 9.07. The largest absolute Gasteiger partial charge is 0.448 e. The summed E-state index contributed by atoms with van der Waals surface area (Å²) in [6.45, 7) is 0.833. The second kappa shape index (κ2) is 6.45. The fraction of sp³-hybridized carbons (Fsp3) is 0.273. The lowest BCUT2D eigenvalue weighted by Gasteiger charge is -2.06. The van der Waals surface area contributed by atoms with Crippen LogP contribution in [0.1, 0.15) is 11.1 Å². The van der Waals surface area contributed by atoms with Crippen LogP contribution < -0.4 is 11.1 Å². The average molecular weight is 237 g/mol. The van der Waals surface area contributed by atoms with E-state index in [4.69, 9.17) is 11.0 Å². The number of ether oxygens (including phenoxy) is 1. The molecule has 0 unspecified atom stereocenters. The van der Waals surface area contributed by atoms with Gasteiger partial charge in [-0.15, -0.1) is 0 Å². The van der Waals surface area contributed by atoms with E-state index in [0.717, 1.165) is 0 Å². The number of carbonyl (C=O) groups is 1. The molecule has 1 amide bonds. The van der Waals surface area contributed by atoms with Gasteiger partial charge in [-0.25, -0.2) is 9.18 Å². The summed E-state index contributed by atoms with van der Waals surface area (Å²) >= 11 is 0. The first-order valence-corrected chi connectivity index (χ1v) is 4.95. The van der Waals surface area contributed by atoms with Gasteiger partial charge in [-0.3, -0.25) is 0 Å². The van der Waals surface area contributed by atoms with Gasteiger partial charge in [0.1, 0.15) is 12.4 Å². The summed E-state index contributed by atoms with van der Waals surface area (Å²) < 4.78 is 17.4. The van der Waals surface area contributed by atoms with Crippen molar-refractivity contribution in [3.8, 4) is 6.07 Å². The third-order valence-electron chi connectivity index (χ3n) is 2.03. The van der Waals surface area contributed by atoms with Crippen molar-refractivity contribution in [2.24, 2.45) is 5.73 Å². The van der Waals surface area contributed by atoms with Crippen molar-refractivity contribution < 1.29 is 13.9 Å². The number of amides is 1. The van der Waals surface area contributed by atoms with E-state index < -0.39 is 11.9 Å². The van der Waals surface area contributed by atoms with E-state index in [-0.39, 0.29) is 6.61 Å². The summed E-state index contributed by atoms with van der Waals surface area (Å²) in [6, 6.07) is 5.92. The van der Waals surface area contributed by atoms with Gasteiger partial charge in [0.2, 0.25) is 0 Å². The van der Waals surface area contributed by atoms with E-state index in [1.165, 1.54) is 18.2 Å². The summed E-state index contributed by atoms with van der Waals surface area (Å²) in [7, 11) is 0. The highest BCUT2D eigenvalue weighted by Gasteiger charge is 2.03. The molecule has 1 aromatic carbocycles. The smallest absolute Gasteiger partial charge is 0.404 e. The molecule has 0 aliphatic rings. The average Bonchev–Trinajstić information content (AvgIpc) is 2.28. The maximum atomic E-state index is 12.9. The SMILES string of the molecule is N#Cc1ccc(F)cc1CNCCOC(N)=O. The number of nitriles is 1. The van der Waals surface area contributed by atoms with Crippen LogP contribution in [0.5, 0.6) is 0 Å². The van der Waals surface area contributed by atoms with Crippen LogP contribution in [0.25, 0.3) is 0 Å². The van der Waals surface area contributed by atoms with Gasteiger partial charge in [0.05, 0.1) is 11.6 Å². The van der Waals surface area contributed by atoms with Crippen LogP contribution in [-0.4, -0.2) is 19.2 Å². The van der Waals surface area contributed by atoms with E-state index >= 15 is 0 Å². The Kier molecular flexibility index (Phi) is 4.91. The molecule has 90 valence electrons. The van der Waals surface area contributed by atoms with Gasteiger partial charge in [0.15, 0.2) is 0 Å². The highest BCUT2D eigenvalue weighted by molar-refractivity contribution is 5.64. The topological polar surface area (TPSA) is 88.1 Å². The summed E-state index contributed by atoms with van der Waals surface area (Å²) in [6.07, 6.45) is -0.838. The predicted molar refractivity (Wildman–Crippen MR) is 58.4 cm³/mol. The fourth-order valence-corrected chi connectivity index (χ4v) is 1.26. The molecule has 0 fully saturated rings. The number of nitrogens with one attached hydrogen (secondary N) is 1. The number of nitrogens with two attached hydrogens (primary N) is 1. The molecule has 6 heteroatoms. The molecule has 0 radical (unpaired) electrons. The highest BCUT2D eigenvalue weighted by Crippen LogP contribution is 2.09. The molecular formula is C11H12FN3O2. The number of halogens is 1. The Morgan fingerprint density at radius 1 is 1.59 bits per heavy atom. The van der Waals surface area contributed by atoms with Crippen LogP contribution >= 0.6 is 0 Å². The van der Waals surface area contributed by atoms with Gasteiger partial charge in [-0.2, -0.15) is 5.26 Å². The van der Waals surface area contributed by atoms with Crippen LogP contribution in [0.4, 0.5) is 9.18 Å². The van der Waals surface area contributed by atoms with Gasteiger partial charge in [0, 0.05) is 13.1 Å². The first kappa shape index (κ1) is 12.9. The summed E-state index contributed by atoms with van der Waals surface area (Å²) in [5.41, 5.74) is 5.74. The Labute approximate surface area is 98.0 Å². The first-order chi connectivity index (χ1) is 8.13. The molecule has 0 aromatic heterocycles. The van der Waals surface area contributed by atoms with Crippen LogP contribution in [0.3, 0.4) is 0 Å². The number of primary amides is 1. The minimum Gasteiger partial charge on any atom is -0.448 e. The Bertz CT molecular complexity index is 443. The molecule has 0 atom stereocenters. The second-order valence-electron chi connectivity index (χ2n) is 3.26. The molecule has 3 N–H and O–H groups in total. The summed E-state index contributed by atoms with van der Waals surface area (Å²) in [4.78, 5) is 10.3. The number of hydrogen-bond acceptors (Lipinski definition) is 4. The monoisotopic (exact) mass is 237 g/mol. The van der Waals surface area contributed by atoms with E-state index in [1.54, 1.807) is 0 Å². The van der Waals surface area contributed by atoms with E-state index in [9.17, 15) is 9.18 Å². The van der Waals surface area contributed by atoms with Crippen LogP contribution in [0, 0.1) is 17.1 Å². The molecule has 0 aliphatic carbocycles. The number of carbonyl (C=O) groups excluding carboxylic acids is 1. The molecule has 0 saturated heterocycles. The molecule has 1 aromatic rings. The third-order valence-corrected chi connectivity index (χ3v) is 2.03. The Hall–Kier alpha value is -2.13. The van der Waals surface area contributed by atoms with Crippen molar-refractivity contribution in [3.63, 3.8) is 0 Å². The third kappa shape index (κ3) is 4.49. The normalized spacial score (nSPS) is 9.65. The van der Waals surface area contributed by atoms with Gasteiger partial charge in [0.25, 0.3) is 0 Å². The van der Waals surface area contributed by atoms with Gasteiger partial charge < -0.3 is 15.8 Å².